The lowest BCUT2D eigenvalue weighted by Crippen LogP contribution is -2.65. The largest absolute Gasteiger partial charge is 0.393 e. The molecule has 4 fully saturated rings. The minimum absolute atomic E-state index is 0.0531. The summed E-state index contributed by atoms with van der Waals surface area (Å²) < 4.78 is 0. The Morgan fingerprint density at radius 2 is 1.78 bits per heavy atom. The fourth-order valence-electron chi connectivity index (χ4n) is 8.23. The number of rotatable bonds is 4. The van der Waals surface area contributed by atoms with E-state index >= 15 is 0 Å². The number of aliphatic hydroxyl groups excluding tert-OH is 1. The van der Waals surface area contributed by atoms with Gasteiger partial charge in [0.15, 0.2) is 5.78 Å². The fourth-order valence-corrected chi connectivity index (χ4v) is 8.23. The van der Waals surface area contributed by atoms with Crippen LogP contribution in [-0.2, 0) is 14.6 Å². The van der Waals surface area contributed by atoms with Crippen LogP contribution >= 0.6 is 0 Å². The normalized spacial score (nSPS) is 47.6. The predicted molar refractivity (Wildman–Crippen MR) is 125 cm³/mol. The Hall–Kier alpha value is -0.970. The van der Waals surface area contributed by atoms with Crippen LogP contribution in [0.1, 0.15) is 92.9 Å². The monoisotopic (exact) mass is 442 g/mol. The third-order valence-corrected chi connectivity index (χ3v) is 10.8. The lowest BCUT2D eigenvalue weighted by molar-refractivity contribution is -0.344. The number of carbonyl (C=O) groups excluding carboxylic acids is 1. The molecule has 5 aliphatic rings. The number of aliphatic hydroxyl groups is 1. The fraction of sp³-hybridized carbons (Fsp3) is 0.821. The predicted octanol–water partition coefficient (Wildman–Crippen LogP) is 5.94. The van der Waals surface area contributed by atoms with Gasteiger partial charge in [0.1, 0.15) is 11.2 Å². The van der Waals surface area contributed by atoms with Crippen LogP contribution in [0.15, 0.2) is 23.3 Å². The van der Waals surface area contributed by atoms with Crippen molar-refractivity contribution in [2.75, 3.05) is 0 Å². The van der Waals surface area contributed by atoms with E-state index in [0.29, 0.717) is 36.5 Å². The molecule has 0 unspecified atom stereocenters. The zero-order chi connectivity index (χ0) is 23.1. The molecule has 4 heteroatoms. The summed E-state index contributed by atoms with van der Waals surface area (Å²) in [6.45, 7) is 13.9. The molecule has 32 heavy (non-hydrogen) atoms. The maximum atomic E-state index is 13.7. The van der Waals surface area contributed by atoms with Gasteiger partial charge in [-0.05, 0) is 67.6 Å². The maximum absolute atomic E-state index is 13.7. The number of hydrogen-bond donors (Lipinski definition) is 1. The summed E-state index contributed by atoms with van der Waals surface area (Å²) in [6, 6.07) is 0. The average molecular weight is 443 g/mol. The molecule has 0 aromatic carbocycles. The molecule has 1 aliphatic heterocycles. The molecule has 1 spiro atoms. The van der Waals surface area contributed by atoms with E-state index in [1.54, 1.807) is 0 Å². The van der Waals surface area contributed by atoms with Crippen LogP contribution in [0.25, 0.3) is 0 Å². The molecule has 0 radical (unpaired) electrons. The van der Waals surface area contributed by atoms with Crippen molar-refractivity contribution in [2.24, 2.45) is 34.5 Å². The van der Waals surface area contributed by atoms with Gasteiger partial charge in [-0.1, -0.05) is 59.3 Å². The van der Waals surface area contributed by atoms with Crippen LogP contribution in [0, 0.1) is 34.5 Å². The van der Waals surface area contributed by atoms with E-state index in [1.807, 2.05) is 0 Å². The summed E-state index contributed by atoms with van der Waals surface area (Å²) >= 11 is 0. The molecule has 8 atom stereocenters. The highest BCUT2D eigenvalue weighted by Crippen LogP contribution is 2.72. The zero-order valence-electron chi connectivity index (χ0n) is 20.9. The van der Waals surface area contributed by atoms with Gasteiger partial charge in [-0.2, -0.15) is 0 Å². The first kappa shape index (κ1) is 22.8. The summed E-state index contributed by atoms with van der Waals surface area (Å²) in [5, 5.41) is 10.4. The van der Waals surface area contributed by atoms with Gasteiger partial charge >= 0.3 is 0 Å². The third kappa shape index (κ3) is 2.75. The molecule has 0 amide bonds. The summed E-state index contributed by atoms with van der Waals surface area (Å²) in [6.07, 6.45) is 10.9. The highest BCUT2D eigenvalue weighted by molar-refractivity contribution is 6.01. The highest BCUT2D eigenvalue weighted by Gasteiger charge is 2.77. The van der Waals surface area contributed by atoms with Crippen molar-refractivity contribution in [1.29, 1.82) is 0 Å². The van der Waals surface area contributed by atoms with Crippen LogP contribution < -0.4 is 0 Å². The molecule has 1 heterocycles. The Balaban J connectivity index is 1.53. The van der Waals surface area contributed by atoms with Gasteiger partial charge in [-0.3, -0.25) is 4.79 Å². The summed E-state index contributed by atoms with van der Waals surface area (Å²) in [5.41, 5.74) is 0.845. The molecule has 4 aliphatic carbocycles. The molecule has 1 saturated heterocycles. The minimum Gasteiger partial charge on any atom is -0.393 e. The smallest absolute Gasteiger partial charge is 0.164 e. The topological polar surface area (TPSA) is 55.8 Å². The van der Waals surface area contributed by atoms with E-state index in [4.69, 9.17) is 9.78 Å². The average Bonchev–Trinajstić information content (AvgIpc) is 3.15. The van der Waals surface area contributed by atoms with Crippen molar-refractivity contribution < 1.29 is 19.7 Å². The lowest BCUT2D eigenvalue weighted by atomic mass is 9.45. The van der Waals surface area contributed by atoms with E-state index in [-0.39, 0.29) is 16.6 Å². The van der Waals surface area contributed by atoms with Crippen LogP contribution in [0.4, 0.5) is 0 Å². The van der Waals surface area contributed by atoms with E-state index in [0.717, 1.165) is 44.1 Å². The SMILES string of the molecule is CC(C)[C@@H](C)C=C[C@H](C)[C@H]1CCC2=C3C(=O)C[C@@]45C[C@H](O)CC[C@@]4(C)[C@]3(CC[C@@]21C)OO5. The summed E-state index contributed by atoms with van der Waals surface area (Å²) in [7, 11) is 0. The number of fused-ring (bicyclic) bond motifs is 1. The molecule has 0 aromatic heterocycles. The quantitative estimate of drug-likeness (QED) is 0.432. The number of hydrogen-bond acceptors (Lipinski definition) is 4. The Bertz CT molecular complexity index is 873. The standard InChI is InChI=1S/C28H42O4/c1-17(2)18(3)7-8-19(4)21-9-10-22-24-23(30)16-27-15-20(29)11-12-26(27,6)28(24,32-31-27)14-13-25(21,22)5/h7-8,17-21,29H,9-16H2,1-6H3/t18-,19-,20+,21+,25+,26+,27-,28+/m0/s1. The molecular weight excluding hydrogens is 400 g/mol. The molecular formula is C28H42O4. The summed E-state index contributed by atoms with van der Waals surface area (Å²) in [5.74, 6) is 2.50. The van der Waals surface area contributed by atoms with Crippen molar-refractivity contribution in [3.8, 4) is 0 Å². The molecule has 1 N–H and O–H groups in total. The van der Waals surface area contributed by atoms with E-state index in [2.05, 4.69) is 53.7 Å². The zero-order valence-corrected chi connectivity index (χ0v) is 20.9. The Labute approximate surface area is 193 Å². The molecule has 5 rings (SSSR count). The van der Waals surface area contributed by atoms with E-state index < -0.39 is 17.3 Å². The number of ketones is 1. The molecule has 4 nitrogen and oxygen atoms in total. The second-order valence-corrected chi connectivity index (χ2v) is 12.6. The Kier molecular flexibility index (Phi) is 5.18. The van der Waals surface area contributed by atoms with Gasteiger partial charge in [-0.25, -0.2) is 9.78 Å². The van der Waals surface area contributed by atoms with Crippen molar-refractivity contribution >= 4 is 5.78 Å². The first-order chi connectivity index (χ1) is 15.0. The van der Waals surface area contributed by atoms with Crippen LogP contribution in [0.3, 0.4) is 0 Å². The van der Waals surface area contributed by atoms with Crippen molar-refractivity contribution in [1.82, 2.24) is 0 Å². The van der Waals surface area contributed by atoms with E-state index in [9.17, 15) is 9.90 Å². The van der Waals surface area contributed by atoms with Gasteiger partial charge in [0.25, 0.3) is 0 Å². The van der Waals surface area contributed by atoms with Gasteiger partial charge in [-0.15, -0.1) is 0 Å². The second-order valence-electron chi connectivity index (χ2n) is 12.6. The van der Waals surface area contributed by atoms with Gasteiger partial charge in [0.2, 0.25) is 0 Å². The van der Waals surface area contributed by atoms with Crippen molar-refractivity contribution in [3.63, 3.8) is 0 Å². The van der Waals surface area contributed by atoms with Gasteiger partial charge in [0, 0.05) is 23.8 Å². The minimum atomic E-state index is -0.666. The molecule has 178 valence electrons. The molecule has 2 bridgehead atoms. The van der Waals surface area contributed by atoms with Crippen LogP contribution in [0.5, 0.6) is 0 Å². The second kappa shape index (κ2) is 7.26. The Morgan fingerprint density at radius 1 is 1.03 bits per heavy atom. The number of allylic oxidation sites excluding steroid dienone is 3. The first-order valence-corrected chi connectivity index (χ1v) is 13.0. The number of carbonyl (C=O) groups is 1. The third-order valence-electron chi connectivity index (χ3n) is 10.8. The lowest BCUT2D eigenvalue weighted by Gasteiger charge is -2.58. The highest BCUT2D eigenvalue weighted by atomic mass is 17.2. The van der Waals surface area contributed by atoms with Crippen LogP contribution in [0.2, 0.25) is 0 Å². The van der Waals surface area contributed by atoms with Crippen molar-refractivity contribution in [2.45, 2.75) is 110 Å². The first-order valence-electron chi connectivity index (χ1n) is 13.0. The molecule has 3 saturated carbocycles. The van der Waals surface area contributed by atoms with Crippen LogP contribution in [-0.4, -0.2) is 28.2 Å². The van der Waals surface area contributed by atoms with Crippen molar-refractivity contribution in [3.05, 3.63) is 23.3 Å². The number of Topliss-reactive ketones (excluding diaryl/α,β-unsaturated/α-hetero) is 1. The Morgan fingerprint density at radius 3 is 2.50 bits per heavy atom. The summed E-state index contributed by atoms with van der Waals surface area (Å²) in [4.78, 5) is 26.1. The van der Waals surface area contributed by atoms with Gasteiger partial charge in [0.05, 0.1) is 6.10 Å². The van der Waals surface area contributed by atoms with E-state index in [1.165, 1.54) is 5.57 Å². The van der Waals surface area contributed by atoms with Gasteiger partial charge < -0.3 is 5.11 Å². The maximum Gasteiger partial charge on any atom is 0.164 e. The molecule has 0 aromatic rings.